The first-order chi connectivity index (χ1) is 15.3. The molecule has 0 fully saturated rings. The molecule has 182 valence electrons. The number of hydrogen-bond donors (Lipinski definition) is 2. The van der Waals surface area contributed by atoms with Crippen molar-refractivity contribution in [1.29, 1.82) is 0 Å². The van der Waals surface area contributed by atoms with Crippen LogP contribution in [0.1, 0.15) is 42.5 Å². The molecule has 8 nitrogen and oxygen atoms in total. The van der Waals surface area contributed by atoms with Crippen molar-refractivity contribution in [3.8, 4) is 0 Å². The Hall–Kier alpha value is -2.27. The SMILES string of the molecule is CCN(CC)S(=O)(=O)c1cc(NC(=O)CCNS(=O)(=O)c2c(C)cc(C)cc2C)ccc1C. The summed E-state index contributed by atoms with van der Waals surface area (Å²) in [6, 6.07) is 8.30. The molecule has 1 amide bonds. The Balaban J connectivity index is 2.09. The van der Waals surface area contributed by atoms with Gasteiger partial charge in [-0.2, -0.15) is 4.31 Å². The van der Waals surface area contributed by atoms with Gasteiger partial charge in [-0.15, -0.1) is 0 Å². The molecule has 2 aromatic carbocycles. The van der Waals surface area contributed by atoms with E-state index in [0.717, 1.165) is 5.56 Å². The first kappa shape index (κ1) is 27.0. The molecule has 0 saturated carbocycles. The van der Waals surface area contributed by atoms with Crippen LogP contribution in [0.3, 0.4) is 0 Å². The van der Waals surface area contributed by atoms with E-state index in [9.17, 15) is 21.6 Å². The second-order valence-corrected chi connectivity index (χ2v) is 11.6. The van der Waals surface area contributed by atoms with Crippen molar-refractivity contribution >= 4 is 31.6 Å². The molecule has 0 bridgehead atoms. The van der Waals surface area contributed by atoms with Gasteiger partial charge in [0.25, 0.3) is 0 Å². The van der Waals surface area contributed by atoms with Crippen LogP contribution in [0.4, 0.5) is 5.69 Å². The van der Waals surface area contributed by atoms with E-state index in [4.69, 9.17) is 0 Å². The maximum Gasteiger partial charge on any atom is 0.243 e. The molecular weight excluding hydrogens is 462 g/mol. The lowest BCUT2D eigenvalue weighted by molar-refractivity contribution is -0.116. The Morgan fingerprint density at radius 3 is 2.00 bits per heavy atom. The van der Waals surface area contributed by atoms with Crippen molar-refractivity contribution in [2.75, 3.05) is 25.0 Å². The molecular formula is C23H33N3O5S2. The predicted octanol–water partition coefficient (Wildman–Crippen LogP) is 3.26. The van der Waals surface area contributed by atoms with Crippen molar-refractivity contribution in [2.45, 2.75) is 57.8 Å². The number of anilines is 1. The summed E-state index contributed by atoms with van der Waals surface area (Å²) in [5, 5.41) is 2.66. The minimum atomic E-state index is -3.77. The van der Waals surface area contributed by atoms with E-state index >= 15 is 0 Å². The van der Waals surface area contributed by atoms with Gasteiger partial charge in [-0.3, -0.25) is 4.79 Å². The molecule has 0 aromatic heterocycles. The van der Waals surface area contributed by atoms with Crippen molar-refractivity contribution in [3.05, 3.63) is 52.6 Å². The molecule has 10 heteroatoms. The summed E-state index contributed by atoms with van der Waals surface area (Å²) < 4.78 is 55.0. The minimum absolute atomic E-state index is 0.0859. The lowest BCUT2D eigenvalue weighted by Crippen LogP contribution is -2.31. The van der Waals surface area contributed by atoms with Gasteiger partial charge in [0.15, 0.2) is 0 Å². The molecule has 0 aliphatic carbocycles. The van der Waals surface area contributed by atoms with Gasteiger partial charge in [-0.1, -0.05) is 37.6 Å². The van der Waals surface area contributed by atoms with Crippen LogP contribution in [-0.2, 0) is 24.8 Å². The van der Waals surface area contributed by atoms with E-state index in [0.29, 0.717) is 35.5 Å². The second-order valence-electron chi connectivity index (χ2n) is 7.99. The standard InChI is InChI=1S/C23H33N3O5S2/c1-7-26(8-2)33(30,31)21-15-20(10-9-17(21)4)25-22(27)11-12-24-32(28,29)23-18(5)13-16(3)14-19(23)6/h9-10,13-15,24H,7-8,11-12H2,1-6H3,(H,25,27). The molecule has 0 atom stereocenters. The molecule has 0 radical (unpaired) electrons. The van der Waals surface area contributed by atoms with Gasteiger partial charge in [0.1, 0.15) is 0 Å². The average Bonchev–Trinajstić information content (AvgIpc) is 2.68. The third-order valence-electron chi connectivity index (χ3n) is 5.31. The summed E-state index contributed by atoms with van der Waals surface area (Å²) in [7, 11) is -7.45. The van der Waals surface area contributed by atoms with E-state index in [1.807, 2.05) is 6.92 Å². The summed E-state index contributed by atoms with van der Waals surface area (Å²) in [5.74, 6) is -0.426. The van der Waals surface area contributed by atoms with Gasteiger partial charge in [0.2, 0.25) is 26.0 Å². The van der Waals surface area contributed by atoms with E-state index in [-0.39, 0.29) is 22.8 Å². The van der Waals surface area contributed by atoms with Gasteiger partial charge in [-0.05, 0) is 56.5 Å². The zero-order valence-electron chi connectivity index (χ0n) is 20.0. The monoisotopic (exact) mass is 495 g/mol. The molecule has 0 aliphatic rings. The molecule has 0 aliphatic heterocycles. The first-order valence-electron chi connectivity index (χ1n) is 10.8. The van der Waals surface area contributed by atoms with E-state index in [1.165, 1.54) is 10.4 Å². The summed E-state index contributed by atoms with van der Waals surface area (Å²) >= 11 is 0. The van der Waals surface area contributed by atoms with Gasteiger partial charge in [-0.25, -0.2) is 21.6 Å². The van der Waals surface area contributed by atoms with Crippen molar-refractivity contribution in [3.63, 3.8) is 0 Å². The second kappa shape index (κ2) is 10.8. The Labute approximate surface area is 197 Å². The number of amides is 1. The molecule has 2 rings (SSSR count). The lowest BCUT2D eigenvalue weighted by Gasteiger charge is -2.20. The van der Waals surface area contributed by atoms with Crippen LogP contribution in [0.25, 0.3) is 0 Å². The zero-order valence-corrected chi connectivity index (χ0v) is 21.7. The van der Waals surface area contributed by atoms with E-state index in [1.54, 1.807) is 58.9 Å². The van der Waals surface area contributed by atoms with Crippen LogP contribution in [0.15, 0.2) is 40.1 Å². The summed E-state index contributed by atoms with van der Waals surface area (Å²) in [4.78, 5) is 12.8. The summed E-state index contributed by atoms with van der Waals surface area (Å²) in [5.41, 5.74) is 3.18. The van der Waals surface area contributed by atoms with Crippen molar-refractivity contribution in [1.82, 2.24) is 9.03 Å². The topological polar surface area (TPSA) is 113 Å². The average molecular weight is 496 g/mol. The fraction of sp³-hybridized carbons (Fsp3) is 0.435. The van der Waals surface area contributed by atoms with Crippen LogP contribution >= 0.6 is 0 Å². The Bertz CT molecular complexity index is 1210. The molecule has 0 unspecified atom stereocenters. The number of nitrogens with one attached hydrogen (secondary N) is 2. The van der Waals surface area contributed by atoms with Crippen LogP contribution in [0.5, 0.6) is 0 Å². The number of hydrogen-bond acceptors (Lipinski definition) is 5. The number of aryl methyl sites for hydroxylation is 4. The number of sulfonamides is 2. The molecule has 0 heterocycles. The van der Waals surface area contributed by atoms with Gasteiger partial charge in [0, 0.05) is 31.7 Å². The van der Waals surface area contributed by atoms with Gasteiger partial charge < -0.3 is 5.32 Å². The molecule has 2 aromatic rings. The number of benzene rings is 2. The highest BCUT2D eigenvalue weighted by Gasteiger charge is 2.24. The predicted molar refractivity (Wildman–Crippen MR) is 130 cm³/mol. The molecule has 0 saturated heterocycles. The van der Waals surface area contributed by atoms with Gasteiger partial charge >= 0.3 is 0 Å². The largest absolute Gasteiger partial charge is 0.326 e. The Morgan fingerprint density at radius 1 is 0.879 bits per heavy atom. The lowest BCUT2D eigenvalue weighted by atomic mass is 10.1. The number of carbonyl (C=O) groups is 1. The fourth-order valence-corrected chi connectivity index (χ4v) is 7.03. The van der Waals surface area contributed by atoms with Gasteiger partial charge in [0.05, 0.1) is 9.79 Å². The Kier molecular flexibility index (Phi) is 8.81. The van der Waals surface area contributed by atoms with Crippen LogP contribution in [-0.4, -0.2) is 46.7 Å². The van der Waals surface area contributed by atoms with Crippen LogP contribution in [0.2, 0.25) is 0 Å². The highest BCUT2D eigenvalue weighted by atomic mass is 32.2. The molecule has 0 spiro atoms. The fourth-order valence-electron chi connectivity index (χ4n) is 3.84. The smallest absolute Gasteiger partial charge is 0.243 e. The summed E-state index contributed by atoms with van der Waals surface area (Å²) in [6.07, 6.45) is -0.102. The highest BCUT2D eigenvalue weighted by Crippen LogP contribution is 2.24. The number of carbonyl (C=O) groups excluding carboxylic acids is 1. The summed E-state index contributed by atoms with van der Waals surface area (Å²) in [6.45, 7) is 11.2. The van der Waals surface area contributed by atoms with Crippen molar-refractivity contribution < 1.29 is 21.6 Å². The van der Waals surface area contributed by atoms with Crippen molar-refractivity contribution in [2.24, 2.45) is 0 Å². The Morgan fingerprint density at radius 2 is 1.45 bits per heavy atom. The minimum Gasteiger partial charge on any atom is -0.326 e. The number of rotatable bonds is 10. The normalized spacial score (nSPS) is 12.2. The van der Waals surface area contributed by atoms with E-state index < -0.39 is 26.0 Å². The maximum absolute atomic E-state index is 12.9. The molecule has 2 N–H and O–H groups in total. The third-order valence-corrected chi connectivity index (χ3v) is 9.27. The van der Waals surface area contributed by atoms with Crippen LogP contribution < -0.4 is 10.0 Å². The quantitative estimate of drug-likeness (QED) is 0.525. The molecule has 33 heavy (non-hydrogen) atoms. The highest BCUT2D eigenvalue weighted by molar-refractivity contribution is 7.89. The third kappa shape index (κ3) is 6.41. The van der Waals surface area contributed by atoms with E-state index in [2.05, 4.69) is 10.0 Å². The van der Waals surface area contributed by atoms with Crippen LogP contribution in [0, 0.1) is 27.7 Å². The maximum atomic E-state index is 12.9. The number of nitrogens with zero attached hydrogens (tertiary/aromatic N) is 1. The first-order valence-corrected chi connectivity index (χ1v) is 13.7. The zero-order chi connectivity index (χ0) is 25.0.